The average molecular weight is 105 g/mol. The Labute approximate surface area is 46.6 Å². The minimum absolute atomic E-state index is 0. The molecule has 0 amide bonds. The number of ketones is 1. The first-order valence-electron chi connectivity index (χ1n) is 1.06. The van der Waals surface area contributed by atoms with Crippen LogP contribution in [0.25, 0.3) is 0 Å². The summed E-state index contributed by atoms with van der Waals surface area (Å²) in [5.41, 5.74) is 0. The fourth-order valence-corrected chi connectivity index (χ4v) is 0. The van der Waals surface area contributed by atoms with Crippen LogP contribution < -0.4 is 0 Å². The molecule has 0 rings (SSSR count). The van der Waals surface area contributed by atoms with Crippen LogP contribution >= 0.6 is 0 Å². The third-order valence-corrected chi connectivity index (χ3v) is 0. The van der Waals surface area contributed by atoms with E-state index in [0.717, 1.165) is 0 Å². The maximum Gasteiger partial charge on any atom is 0.130 e. The van der Waals surface area contributed by atoms with Crippen LogP contribution in [-0.4, -0.2) is 5.78 Å². The summed E-state index contributed by atoms with van der Waals surface area (Å²) in [6, 6.07) is 0. The number of rotatable bonds is 0. The maximum atomic E-state index is 9.33. The van der Waals surface area contributed by atoms with Crippen molar-refractivity contribution in [3.8, 4) is 0 Å². The van der Waals surface area contributed by atoms with Crippen LogP contribution in [0.1, 0.15) is 6.92 Å². The Morgan fingerprint density at radius 2 is 1.80 bits per heavy atom. The van der Waals surface area contributed by atoms with Crippen LogP contribution in [0.15, 0.2) is 0 Å². The fourth-order valence-electron chi connectivity index (χ4n) is 0. The monoisotopic (exact) mass is 105 g/mol. The molecule has 0 aromatic heterocycles. The van der Waals surface area contributed by atoms with E-state index in [1.54, 1.807) is 0 Å². The molecule has 0 spiro atoms. The van der Waals surface area contributed by atoms with Crippen LogP contribution in [0.2, 0.25) is 0 Å². The van der Waals surface area contributed by atoms with Gasteiger partial charge in [-0.3, -0.25) is 0 Å². The molecule has 0 aliphatic heterocycles. The second-order valence-corrected chi connectivity index (χ2v) is 0.702. The minimum atomic E-state index is -0.0833. The molecule has 5 heavy (non-hydrogen) atoms. The Balaban J connectivity index is 0. The van der Waals surface area contributed by atoms with Crippen LogP contribution in [0.4, 0.5) is 0 Å². The quantitative estimate of drug-likeness (QED) is 0.407. The zero-order chi connectivity index (χ0) is 3.58. The van der Waals surface area contributed by atoms with Crippen molar-refractivity contribution in [1.29, 1.82) is 0 Å². The largest absolute Gasteiger partial charge is 0.300 e. The molecule has 0 bridgehead atoms. The first kappa shape index (κ1) is 9.04. The predicted octanol–water partition coefficient (Wildman–Crippen LogP) is 0.407. The molecular formula is C3H5OTi. The van der Waals surface area contributed by atoms with E-state index in [1.807, 2.05) is 0 Å². The summed E-state index contributed by atoms with van der Waals surface area (Å²) >= 11 is 0. The van der Waals surface area contributed by atoms with Crippen LogP contribution in [0.3, 0.4) is 0 Å². The molecule has 0 saturated carbocycles. The van der Waals surface area contributed by atoms with E-state index < -0.39 is 0 Å². The zero-order valence-electron chi connectivity index (χ0n) is 3.12. The molecule has 0 saturated heterocycles. The molecule has 0 unspecified atom stereocenters. The molecule has 0 aliphatic carbocycles. The summed E-state index contributed by atoms with van der Waals surface area (Å²) in [4.78, 5) is 9.33. The standard InChI is InChI=1S/C3H5O.Ti/c1-3(2)4;/h1H2,2H3;. The van der Waals surface area contributed by atoms with Gasteiger partial charge in [-0.1, -0.05) is 0 Å². The van der Waals surface area contributed by atoms with E-state index in [-0.39, 0.29) is 27.5 Å². The molecule has 0 atom stereocenters. The van der Waals surface area contributed by atoms with E-state index in [9.17, 15) is 4.79 Å². The molecule has 2 heteroatoms. The Hall–Kier alpha value is 0.384. The fraction of sp³-hybridized carbons (Fsp3) is 0.333. The number of carbonyl (C=O) groups is 1. The van der Waals surface area contributed by atoms with Gasteiger partial charge >= 0.3 is 0 Å². The van der Waals surface area contributed by atoms with Gasteiger partial charge in [-0.15, -0.1) is 0 Å². The van der Waals surface area contributed by atoms with E-state index in [0.29, 0.717) is 0 Å². The van der Waals surface area contributed by atoms with Gasteiger partial charge in [0, 0.05) is 28.6 Å². The Bertz CT molecular complexity index is 29.9. The normalized spacial score (nSPS) is 5.20. The van der Waals surface area contributed by atoms with Crippen LogP contribution in [0, 0.1) is 6.92 Å². The third kappa shape index (κ3) is 169. The molecule has 0 N–H and O–H groups in total. The third-order valence-electron chi connectivity index (χ3n) is 0. The van der Waals surface area contributed by atoms with Crippen molar-refractivity contribution in [3.05, 3.63) is 6.92 Å². The molecule has 0 fully saturated rings. The van der Waals surface area contributed by atoms with Gasteiger partial charge in [0.1, 0.15) is 5.78 Å². The van der Waals surface area contributed by atoms with Crippen LogP contribution in [0.5, 0.6) is 0 Å². The van der Waals surface area contributed by atoms with E-state index >= 15 is 0 Å². The van der Waals surface area contributed by atoms with Gasteiger partial charge in [0.15, 0.2) is 0 Å². The van der Waals surface area contributed by atoms with Crippen LogP contribution in [-0.2, 0) is 26.5 Å². The Kier molecular flexibility index (Phi) is 7.92. The zero-order valence-corrected chi connectivity index (χ0v) is 4.68. The molecule has 0 aromatic rings. The molecule has 1 radical (unpaired) electrons. The van der Waals surface area contributed by atoms with E-state index in [4.69, 9.17) is 0 Å². The molecule has 1 nitrogen and oxygen atoms in total. The van der Waals surface area contributed by atoms with Crippen molar-refractivity contribution < 1.29 is 26.5 Å². The Morgan fingerprint density at radius 1 is 1.80 bits per heavy atom. The van der Waals surface area contributed by atoms with Gasteiger partial charge in [-0.05, 0) is 6.92 Å². The van der Waals surface area contributed by atoms with E-state index in [1.165, 1.54) is 6.92 Å². The van der Waals surface area contributed by atoms with Crippen molar-refractivity contribution >= 4 is 5.78 Å². The smallest absolute Gasteiger partial charge is 0.130 e. The van der Waals surface area contributed by atoms with Crippen molar-refractivity contribution in [2.75, 3.05) is 0 Å². The minimum Gasteiger partial charge on any atom is -0.300 e. The Morgan fingerprint density at radius 3 is 1.80 bits per heavy atom. The van der Waals surface area contributed by atoms with Gasteiger partial charge in [0.2, 0.25) is 0 Å². The summed E-state index contributed by atoms with van der Waals surface area (Å²) in [5, 5.41) is 0. The molecule has 27 valence electrons. The average Bonchev–Trinajstić information content (AvgIpc) is 0.811. The molecule has 0 aliphatic rings. The van der Waals surface area contributed by atoms with E-state index in [2.05, 4.69) is 6.92 Å². The van der Waals surface area contributed by atoms with Gasteiger partial charge in [0.25, 0.3) is 0 Å². The summed E-state index contributed by atoms with van der Waals surface area (Å²) < 4.78 is 0. The van der Waals surface area contributed by atoms with Gasteiger partial charge < -0.3 is 4.79 Å². The second-order valence-electron chi connectivity index (χ2n) is 0.702. The van der Waals surface area contributed by atoms with Crippen molar-refractivity contribution in [2.24, 2.45) is 0 Å². The van der Waals surface area contributed by atoms with Gasteiger partial charge in [-0.25, -0.2) is 0 Å². The summed E-state index contributed by atoms with van der Waals surface area (Å²) in [6.07, 6.45) is 0. The van der Waals surface area contributed by atoms with Gasteiger partial charge in [-0.2, -0.15) is 0 Å². The van der Waals surface area contributed by atoms with Crippen molar-refractivity contribution in [2.45, 2.75) is 6.92 Å². The summed E-state index contributed by atoms with van der Waals surface area (Å²) in [6.45, 7) is 4.42. The summed E-state index contributed by atoms with van der Waals surface area (Å²) in [7, 11) is 0. The predicted molar refractivity (Wildman–Crippen MR) is 16.0 cm³/mol. The number of carbonyl (C=O) groups excluding carboxylic acids is 1. The number of hydrogen-bond donors (Lipinski definition) is 0. The number of Topliss-reactive ketones (excluding diaryl/α,β-unsaturated/α-hetero) is 1. The van der Waals surface area contributed by atoms with Crippen molar-refractivity contribution in [1.82, 2.24) is 0 Å². The molecule has 0 aromatic carbocycles. The first-order chi connectivity index (χ1) is 1.73. The van der Waals surface area contributed by atoms with Gasteiger partial charge in [0.05, 0.1) is 0 Å². The second kappa shape index (κ2) is 4.38. The number of hydrogen-bond acceptors (Lipinski definition) is 1. The molecular weight excluding hydrogens is 99.9 g/mol. The first-order valence-corrected chi connectivity index (χ1v) is 1.06. The molecule has 0 heterocycles. The SMILES string of the molecule is [CH2]C(C)=O.[Ti]. The summed E-state index contributed by atoms with van der Waals surface area (Å²) in [5.74, 6) is -0.0833. The maximum absolute atomic E-state index is 9.33. The topological polar surface area (TPSA) is 17.1 Å². The van der Waals surface area contributed by atoms with Crippen molar-refractivity contribution in [3.63, 3.8) is 0 Å².